The lowest BCUT2D eigenvalue weighted by molar-refractivity contribution is -0.384. The van der Waals surface area contributed by atoms with Crippen molar-refractivity contribution in [2.24, 2.45) is 10.2 Å². The number of nitro groups is 1. The van der Waals surface area contributed by atoms with Gasteiger partial charge in [-0.05, 0) is 60.7 Å². The van der Waals surface area contributed by atoms with E-state index < -0.39 is 10.9 Å². The molecule has 29 heavy (non-hydrogen) atoms. The number of non-ortho nitro benzene ring substituents is 1. The van der Waals surface area contributed by atoms with Gasteiger partial charge >= 0.3 is 5.97 Å². The minimum atomic E-state index is -1.06. The number of nitro benzene ring substituents is 1. The van der Waals surface area contributed by atoms with E-state index in [1.54, 1.807) is 24.3 Å². The van der Waals surface area contributed by atoms with Crippen molar-refractivity contribution in [1.82, 2.24) is 0 Å². The molecule has 0 saturated carbocycles. The van der Waals surface area contributed by atoms with Crippen molar-refractivity contribution in [2.45, 2.75) is 0 Å². The van der Waals surface area contributed by atoms with Crippen LogP contribution in [0.2, 0.25) is 0 Å². The van der Waals surface area contributed by atoms with Gasteiger partial charge in [0.25, 0.3) is 11.6 Å². The van der Waals surface area contributed by atoms with E-state index in [9.17, 15) is 19.7 Å². The number of amides is 1. The zero-order valence-electron chi connectivity index (χ0n) is 14.9. The van der Waals surface area contributed by atoms with E-state index in [0.29, 0.717) is 22.6 Å². The summed E-state index contributed by atoms with van der Waals surface area (Å²) in [5.74, 6) is -1.43. The predicted molar refractivity (Wildman–Crippen MR) is 105 cm³/mol. The number of aromatic carboxylic acids is 1. The lowest BCUT2D eigenvalue weighted by Gasteiger charge is -2.05. The number of anilines is 1. The molecule has 0 unspecified atom stereocenters. The molecule has 9 heteroatoms. The molecule has 0 bridgehead atoms. The number of nitrogens with one attached hydrogen (secondary N) is 1. The maximum atomic E-state index is 12.2. The molecule has 0 aliphatic carbocycles. The first-order valence-electron chi connectivity index (χ1n) is 8.33. The highest BCUT2D eigenvalue weighted by Crippen LogP contribution is 2.22. The number of hydrogen-bond donors (Lipinski definition) is 2. The third-order valence-electron chi connectivity index (χ3n) is 3.86. The van der Waals surface area contributed by atoms with Gasteiger partial charge in [-0.15, -0.1) is 0 Å². The van der Waals surface area contributed by atoms with Crippen molar-refractivity contribution < 1.29 is 19.6 Å². The highest BCUT2D eigenvalue weighted by Gasteiger charge is 2.08. The van der Waals surface area contributed by atoms with Gasteiger partial charge in [-0.3, -0.25) is 14.9 Å². The van der Waals surface area contributed by atoms with Gasteiger partial charge in [0.2, 0.25) is 0 Å². The predicted octanol–water partition coefficient (Wildman–Crippen LogP) is 4.96. The van der Waals surface area contributed by atoms with Crippen molar-refractivity contribution in [3.05, 3.63) is 94.0 Å². The quantitative estimate of drug-likeness (QED) is 0.348. The minimum Gasteiger partial charge on any atom is -0.478 e. The van der Waals surface area contributed by atoms with E-state index >= 15 is 0 Å². The molecule has 1 amide bonds. The van der Waals surface area contributed by atoms with Gasteiger partial charge in [0, 0.05) is 23.4 Å². The first kappa shape index (κ1) is 19.4. The van der Waals surface area contributed by atoms with Gasteiger partial charge in [0.1, 0.15) is 0 Å². The van der Waals surface area contributed by atoms with Crippen LogP contribution in [0.5, 0.6) is 0 Å². The Bertz CT molecular complexity index is 1080. The summed E-state index contributed by atoms with van der Waals surface area (Å²) in [6.07, 6.45) is 0. The molecule has 2 N–H and O–H groups in total. The SMILES string of the molecule is O=C(O)c1ccc(C(=O)Nc2ccc(N=Nc3ccc([N+](=O)[O-])cc3)cc2)cc1. The maximum absolute atomic E-state index is 12.2. The molecule has 0 saturated heterocycles. The average Bonchev–Trinajstić information content (AvgIpc) is 2.73. The maximum Gasteiger partial charge on any atom is 0.335 e. The van der Waals surface area contributed by atoms with Crippen LogP contribution in [0.1, 0.15) is 20.7 Å². The molecule has 0 aromatic heterocycles. The van der Waals surface area contributed by atoms with Crippen LogP contribution in [-0.4, -0.2) is 21.9 Å². The number of rotatable bonds is 6. The summed E-state index contributed by atoms with van der Waals surface area (Å²) in [7, 11) is 0. The van der Waals surface area contributed by atoms with Gasteiger partial charge < -0.3 is 10.4 Å². The van der Waals surface area contributed by atoms with E-state index in [1.165, 1.54) is 48.5 Å². The van der Waals surface area contributed by atoms with Crippen LogP contribution in [0.4, 0.5) is 22.7 Å². The van der Waals surface area contributed by atoms with Crippen LogP contribution in [0.25, 0.3) is 0 Å². The normalized spacial score (nSPS) is 10.6. The molecule has 0 atom stereocenters. The number of carbonyl (C=O) groups excluding carboxylic acids is 1. The van der Waals surface area contributed by atoms with E-state index in [4.69, 9.17) is 5.11 Å². The Morgan fingerprint density at radius 2 is 1.28 bits per heavy atom. The summed E-state index contributed by atoms with van der Waals surface area (Å²) >= 11 is 0. The van der Waals surface area contributed by atoms with Gasteiger partial charge in [0.15, 0.2) is 0 Å². The van der Waals surface area contributed by atoms with Gasteiger partial charge in [0.05, 0.1) is 21.9 Å². The van der Waals surface area contributed by atoms with E-state index in [-0.39, 0.29) is 17.2 Å². The van der Waals surface area contributed by atoms with Crippen molar-refractivity contribution >= 4 is 34.6 Å². The lowest BCUT2D eigenvalue weighted by atomic mass is 10.1. The standard InChI is InChI=1S/C20H14N4O5/c25-19(13-1-3-14(4-2-13)20(26)27)21-15-5-7-16(8-6-15)22-23-17-9-11-18(12-10-17)24(28)29/h1-12H,(H,21,25)(H,26,27). The Labute approximate surface area is 164 Å². The topological polar surface area (TPSA) is 134 Å². The van der Waals surface area contributed by atoms with E-state index in [0.717, 1.165) is 0 Å². The van der Waals surface area contributed by atoms with Crippen LogP contribution in [-0.2, 0) is 0 Å². The van der Waals surface area contributed by atoms with Crippen molar-refractivity contribution in [3.63, 3.8) is 0 Å². The first-order valence-corrected chi connectivity index (χ1v) is 8.33. The van der Waals surface area contributed by atoms with Crippen LogP contribution >= 0.6 is 0 Å². The molecule has 0 aliphatic heterocycles. The van der Waals surface area contributed by atoms with Crippen molar-refractivity contribution in [2.75, 3.05) is 5.32 Å². The summed E-state index contributed by atoms with van der Waals surface area (Å²) in [6.45, 7) is 0. The van der Waals surface area contributed by atoms with Crippen LogP contribution in [0.3, 0.4) is 0 Å². The number of carbonyl (C=O) groups is 2. The number of carboxylic acid groups (broad SMARTS) is 1. The summed E-state index contributed by atoms with van der Waals surface area (Å²) in [5, 5.41) is 30.3. The second-order valence-corrected chi connectivity index (χ2v) is 5.86. The molecule has 144 valence electrons. The lowest BCUT2D eigenvalue weighted by Crippen LogP contribution is -2.12. The zero-order chi connectivity index (χ0) is 20.8. The van der Waals surface area contributed by atoms with Crippen LogP contribution < -0.4 is 5.32 Å². The molecule has 9 nitrogen and oxygen atoms in total. The zero-order valence-corrected chi connectivity index (χ0v) is 14.9. The Hall–Kier alpha value is -4.40. The molecular formula is C20H14N4O5. The molecule has 0 spiro atoms. The number of benzene rings is 3. The molecule has 0 aliphatic rings. The van der Waals surface area contributed by atoms with Crippen molar-refractivity contribution in [1.29, 1.82) is 0 Å². The molecule has 3 rings (SSSR count). The van der Waals surface area contributed by atoms with Gasteiger partial charge in [-0.25, -0.2) is 4.79 Å². The average molecular weight is 390 g/mol. The number of hydrogen-bond acceptors (Lipinski definition) is 6. The Balaban J connectivity index is 1.62. The molecular weight excluding hydrogens is 376 g/mol. The fourth-order valence-corrected chi connectivity index (χ4v) is 2.34. The third kappa shape index (κ3) is 5.07. The molecule has 0 heterocycles. The van der Waals surface area contributed by atoms with Gasteiger partial charge in [-0.1, -0.05) is 0 Å². The molecule has 3 aromatic carbocycles. The van der Waals surface area contributed by atoms with E-state index in [1.807, 2.05) is 0 Å². The number of azo groups is 1. The number of carboxylic acids is 1. The molecule has 0 radical (unpaired) electrons. The fourth-order valence-electron chi connectivity index (χ4n) is 2.34. The smallest absolute Gasteiger partial charge is 0.335 e. The highest BCUT2D eigenvalue weighted by molar-refractivity contribution is 6.04. The second kappa shape index (κ2) is 8.53. The highest BCUT2D eigenvalue weighted by atomic mass is 16.6. The second-order valence-electron chi connectivity index (χ2n) is 5.86. The first-order chi connectivity index (χ1) is 13.9. The summed E-state index contributed by atoms with van der Waals surface area (Å²) in [5.41, 5.74) is 1.94. The minimum absolute atomic E-state index is 0.0263. The Kier molecular flexibility index (Phi) is 5.69. The Morgan fingerprint density at radius 1 is 0.793 bits per heavy atom. The summed E-state index contributed by atoms with van der Waals surface area (Å²) in [4.78, 5) is 33.2. The summed E-state index contributed by atoms with van der Waals surface area (Å²) < 4.78 is 0. The monoisotopic (exact) mass is 390 g/mol. The largest absolute Gasteiger partial charge is 0.478 e. The summed E-state index contributed by atoms with van der Waals surface area (Å²) in [6, 6.07) is 17.9. The third-order valence-corrected chi connectivity index (χ3v) is 3.86. The van der Waals surface area contributed by atoms with Crippen molar-refractivity contribution in [3.8, 4) is 0 Å². The molecule has 3 aromatic rings. The van der Waals surface area contributed by atoms with Gasteiger partial charge in [-0.2, -0.15) is 10.2 Å². The van der Waals surface area contributed by atoms with Crippen LogP contribution in [0.15, 0.2) is 83.0 Å². The fraction of sp³-hybridized carbons (Fsp3) is 0. The Morgan fingerprint density at radius 3 is 1.76 bits per heavy atom. The molecule has 0 fully saturated rings. The van der Waals surface area contributed by atoms with Crippen LogP contribution in [0, 0.1) is 10.1 Å². The van der Waals surface area contributed by atoms with E-state index in [2.05, 4.69) is 15.5 Å². The number of nitrogens with zero attached hydrogens (tertiary/aromatic N) is 3.